The molecule has 10 aromatic carbocycles. The number of benzene rings is 10. The number of furan rings is 1. The zero-order valence-electron chi connectivity index (χ0n) is 35.8. The van der Waals surface area contributed by atoms with E-state index in [1.165, 1.54) is 5.39 Å². The van der Waals surface area contributed by atoms with Gasteiger partial charge in [0.05, 0.1) is 22.2 Å². The monoisotopic (exact) mass is 756 g/mol. The van der Waals surface area contributed by atoms with E-state index in [-0.39, 0.29) is 35.5 Å². The van der Waals surface area contributed by atoms with Crippen LogP contribution in [0.5, 0.6) is 0 Å². The van der Waals surface area contributed by atoms with Gasteiger partial charge in [0.15, 0.2) is 0 Å². The lowest BCUT2D eigenvalue weighted by molar-refractivity contribution is 0.672. The first-order valence-corrected chi connectivity index (χ1v) is 19.8. The van der Waals surface area contributed by atoms with Crippen molar-refractivity contribution < 1.29 is 9.90 Å². The Morgan fingerprint density at radius 1 is 0.407 bits per heavy atom. The summed E-state index contributed by atoms with van der Waals surface area (Å²) >= 11 is 0. The lowest BCUT2D eigenvalue weighted by atomic mass is 9.98. The van der Waals surface area contributed by atoms with Gasteiger partial charge >= 0.3 is 0 Å². The molecule has 0 fully saturated rings. The van der Waals surface area contributed by atoms with Gasteiger partial charge in [0, 0.05) is 49.6 Å². The minimum atomic E-state index is -0.149. The number of hydrogen-bond donors (Lipinski definition) is 0. The Kier molecular flexibility index (Phi) is 6.65. The molecular formula is C56H36N2O. The lowest BCUT2D eigenvalue weighted by Crippen LogP contribution is -2.11. The molecule has 0 saturated heterocycles. The van der Waals surface area contributed by atoms with Gasteiger partial charge < -0.3 is 13.9 Å². The summed E-state index contributed by atoms with van der Waals surface area (Å²) in [5, 5.41) is 8.44. The SMILES string of the molecule is [2H]c1c([2H])c(-n2c3ccccc3c3ccccc32)c([2H])c([2H])c1N(c1ccc(-c2ccc3ccccc3c2)cc1)c1ccccc1-c1ccc2oc3c4ccccc4ccc3c2c1. The van der Waals surface area contributed by atoms with Crippen molar-refractivity contribution in [3.05, 3.63) is 218 Å². The number of hydrogen-bond acceptors (Lipinski definition) is 2. The van der Waals surface area contributed by atoms with Crippen molar-refractivity contribution in [3.63, 3.8) is 0 Å². The normalized spacial score (nSPS) is 12.7. The van der Waals surface area contributed by atoms with Crippen LogP contribution >= 0.6 is 0 Å². The summed E-state index contributed by atoms with van der Waals surface area (Å²) in [6.45, 7) is 0. The van der Waals surface area contributed by atoms with Crippen LogP contribution in [0.4, 0.5) is 17.1 Å². The average Bonchev–Trinajstić information content (AvgIpc) is 3.88. The molecule has 3 nitrogen and oxygen atoms in total. The highest BCUT2D eigenvalue weighted by atomic mass is 16.3. The predicted molar refractivity (Wildman–Crippen MR) is 249 cm³/mol. The van der Waals surface area contributed by atoms with Crippen LogP contribution in [0, 0.1) is 0 Å². The molecule has 0 atom stereocenters. The van der Waals surface area contributed by atoms with Crippen molar-refractivity contribution >= 4 is 82.4 Å². The van der Waals surface area contributed by atoms with Gasteiger partial charge in [-0.05, 0) is 112 Å². The van der Waals surface area contributed by atoms with Crippen molar-refractivity contribution in [2.75, 3.05) is 4.90 Å². The Bertz CT molecular complexity index is 3730. The standard InChI is InChI=1S/C56H36N2O/c1-2-13-40-35-41(22-21-37(40)11-1)38-23-27-43(28-24-38)57(44-29-31-45(32-30-44)58-53-19-9-6-16-48(53)49-17-7-10-20-54(49)58)52-18-8-5-14-46(52)42-26-34-55-51(36-42)50-33-25-39-12-3-4-15-47(39)56(50)59-55/h1-36H/i29D,30D,31D,32D. The molecule has 0 aliphatic rings. The molecule has 0 aliphatic heterocycles. The second-order valence-corrected chi connectivity index (χ2v) is 15.0. The summed E-state index contributed by atoms with van der Waals surface area (Å²) in [4.78, 5) is 1.89. The summed E-state index contributed by atoms with van der Waals surface area (Å²) in [6, 6.07) is 64.8. The smallest absolute Gasteiger partial charge is 0.143 e. The van der Waals surface area contributed by atoms with Crippen LogP contribution < -0.4 is 4.90 Å². The third kappa shape index (κ3) is 5.44. The molecule has 0 saturated carbocycles. The molecule has 0 aliphatic carbocycles. The fraction of sp³-hybridized carbons (Fsp3) is 0. The number of anilines is 3. The van der Waals surface area contributed by atoms with Crippen molar-refractivity contribution in [1.82, 2.24) is 4.57 Å². The molecule has 12 aromatic rings. The minimum absolute atomic E-state index is 0.133. The second kappa shape index (κ2) is 13.4. The van der Waals surface area contributed by atoms with Crippen LogP contribution in [0.1, 0.15) is 5.48 Å². The highest BCUT2D eigenvalue weighted by Crippen LogP contribution is 2.44. The fourth-order valence-corrected chi connectivity index (χ4v) is 8.83. The first-order chi connectivity index (χ1) is 30.9. The van der Waals surface area contributed by atoms with Crippen LogP contribution in [0.3, 0.4) is 0 Å². The van der Waals surface area contributed by atoms with Gasteiger partial charge in [-0.3, -0.25) is 0 Å². The molecule has 0 N–H and O–H groups in total. The Morgan fingerprint density at radius 2 is 1.02 bits per heavy atom. The minimum Gasteiger partial charge on any atom is -0.455 e. The van der Waals surface area contributed by atoms with Gasteiger partial charge in [-0.2, -0.15) is 0 Å². The van der Waals surface area contributed by atoms with Gasteiger partial charge in [-0.15, -0.1) is 0 Å². The fourth-order valence-electron chi connectivity index (χ4n) is 8.83. The lowest BCUT2D eigenvalue weighted by Gasteiger charge is -2.28. The summed E-state index contributed by atoms with van der Waals surface area (Å²) in [5.41, 5.74) is 8.88. The first-order valence-electron chi connectivity index (χ1n) is 21.8. The third-order valence-corrected chi connectivity index (χ3v) is 11.7. The molecule has 0 unspecified atom stereocenters. The van der Waals surface area contributed by atoms with Crippen LogP contribution in [-0.2, 0) is 0 Å². The van der Waals surface area contributed by atoms with Crippen LogP contribution in [-0.4, -0.2) is 4.57 Å². The maximum atomic E-state index is 9.84. The number of fused-ring (bicyclic) bond motifs is 9. The van der Waals surface area contributed by atoms with Crippen molar-refractivity contribution in [1.29, 1.82) is 0 Å². The summed E-state index contributed by atoms with van der Waals surface area (Å²) in [7, 11) is 0. The zero-order valence-corrected chi connectivity index (χ0v) is 31.8. The molecule has 0 bridgehead atoms. The molecule has 12 rings (SSSR count). The summed E-state index contributed by atoms with van der Waals surface area (Å²) < 4.78 is 47.5. The second-order valence-electron chi connectivity index (χ2n) is 15.0. The maximum Gasteiger partial charge on any atom is 0.143 e. The van der Waals surface area contributed by atoms with E-state index in [1.54, 1.807) is 0 Å². The highest BCUT2D eigenvalue weighted by Gasteiger charge is 2.20. The molecule has 0 amide bonds. The highest BCUT2D eigenvalue weighted by molar-refractivity contribution is 6.16. The Hall–Kier alpha value is -7.88. The molecular weight excluding hydrogens is 717 g/mol. The summed E-state index contributed by atoms with van der Waals surface area (Å²) in [6.07, 6.45) is 0. The molecule has 0 radical (unpaired) electrons. The van der Waals surface area contributed by atoms with E-state index in [2.05, 4.69) is 72.8 Å². The van der Waals surface area contributed by atoms with Gasteiger partial charge in [-0.25, -0.2) is 0 Å². The van der Waals surface area contributed by atoms with Gasteiger partial charge in [-0.1, -0.05) is 140 Å². The van der Waals surface area contributed by atoms with Gasteiger partial charge in [0.25, 0.3) is 0 Å². The Morgan fingerprint density at radius 3 is 1.80 bits per heavy atom. The van der Waals surface area contributed by atoms with Crippen molar-refractivity contribution in [2.45, 2.75) is 0 Å². The number of para-hydroxylation sites is 3. The largest absolute Gasteiger partial charge is 0.455 e. The molecule has 3 heteroatoms. The van der Waals surface area contributed by atoms with Crippen LogP contribution in [0.15, 0.2) is 223 Å². The van der Waals surface area contributed by atoms with Crippen LogP contribution in [0.2, 0.25) is 0 Å². The Balaban J connectivity index is 1.07. The van der Waals surface area contributed by atoms with Gasteiger partial charge in [0.1, 0.15) is 11.2 Å². The third-order valence-electron chi connectivity index (χ3n) is 11.7. The molecule has 276 valence electrons. The average molecular weight is 757 g/mol. The molecule has 2 aromatic heterocycles. The van der Waals surface area contributed by atoms with Gasteiger partial charge in [0.2, 0.25) is 0 Å². The van der Waals surface area contributed by atoms with Crippen molar-refractivity contribution in [2.24, 2.45) is 0 Å². The predicted octanol–water partition coefficient (Wildman–Crippen LogP) is 15.8. The first kappa shape index (κ1) is 29.4. The molecule has 0 spiro atoms. The van der Waals surface area contributed by atoms with Crippen molar-refractivity contribution in [3.8, 4) is 27.9 Å². The maximum absolute atomic E-state index is 9.84. The topological polar surface area (TPSA) is 21.3 Å². The van der Waals surface area contributed by atoms with E-state index in [0.29, 0.717) is 11.4 Å². The van der Waals surface area contributed by atoms with E-state index in [9.17, 15) is 5.48 Å². The van der Waals surface area contributed by atoms with E-state index in [4.69, 9.17) is 4.42 Å². The Labute approximate surface area is 346 Å². The van der Waals surface area contributed by atoms with E-state index in [0.717, 1.165) is 82.2 Å². The molecule has 59 heavy (non-hydrogen) atoms. The zero-order chi connectivity index (χ0) is 42.3. The molecule has 2 heterocycles. The van der Waals surface area contributed by atoms with Crippen LogP contribution in [0.25, 0.3) is 93.2 Å². The number of aromatic nitrogens is 1. The van der Waals surface area contributed by atoms with E-state index < -0.39 is 0 Å². The summed E-state index contributed by atoms with van der Waals surface area (Å²) in [5.74, 6) is 0. The van der Waals surface area contributed by atoms with E-state index in [1.807, 2.05) is 131 Å². The number of rotatable bonds is 6. The van der Waals surface area contributed by atoms with E-state index >= 15 is 0 Å². The quantitative estimate of drug-likeness (QED) is 0.168. The number of nitrogens with zero attached hydrogens (tertiary/aromatic N) is 2.